The maximum atomic E-state index is 10.6. The van der Waals surface area contributed by atoms with E-state index in [-0.39, 0.29) is 5.78 Å². The highest BCUT2D eigenvalue weighted by atomic mass is 16.1. The van der Waals surface area contributed by atoms with Crippen molar-refractivity contribution in [2.24, 2.45) is 0 Å². The van der Waals surface area contributed by atoms with Gasteiger partial charge in [0.05, 0.1) is 6.54 Å². The van der Waals surface area contributed by atoms with Gasteiger partial charge < -0.3 is 10.6 Å². The summed E-state index contributed by atoms with van der Waals surface area (Å²) < 4.78 is 0. The molecule has 1 atom stereocenters. The van der Waals surface area contributed by atoms with Gasteiger partial charge in [-0.15, -0.1) is 0 Å². The van der Waals surface area contributed by atoms with E-state index in [1.54, 1.807) is 6.92 Å². The smallest absolute Gasteiger partial charge is 0.143 e. The molecule has 1 aliphatic heterocycles. The van der Waals surface area contributed by atoms with E-state index >= 15 is 0 Å². The van der Waals surface area contributed by atoms with Gasteiger partial charge in [0.2, 0.25) is 0 Å². The molecule has 3 nitrogen and oxygen atoms in total. The normalized spacial score (nSPS) is 25.0. The number of Topliss-reactive ketones (excluding diaryl/α,β-unsaturated/α-hetero) is 1. The molecule has 0 radical (unpaired) electrons. The van der Waals surface area contributed by atoms with Gasteiger partial charge in [-0.05, 0) is 26.3 Å². The Morgan fingerprint density at radius 3 is 3.09 bits per heavy atom. The Morgan fingerprint density at radius 1 is 1.73 bits per heavy atom. The summed E-state index contributed by atoms with van der Waals surface area (Å²) in [5.41, 5.74) is 0. The maximum absolute atomic E-state index is 10.6. The molecule has 0 saturated carbocycles. The summed E-state index contributed by atoms with van der Waals surface area (Å²) in [5, 5.41) is 6.49. The number of hydrogen-bond donors (Lipinski definition) is 2. The van der Waals surface area contributed by atoms with Crippen LogP contribution < -0.4 is 10.6 Å². The number of piperidine rings is 1. The summed E-state index contributed by atoms with van der Waals surface area (Å²) in [5.74, 6) is 0.218. The SMILES string of the molecule is CC(=O)CNC1CCCNC1. The lowest BCUT2D eigenvalue weighted by Gasteiger charge is -2.23. The third kappa shape index (κ3) is 3.49. The van der Waals surface area contributed by atoms with Crippen LogP contribution in [0.2, 0.25) is 0 Å². The van der Waals surface area contributed by atoms with Gasteiger partial charge in [-0.3, -0.25) is 4.79 Å². The zero-order chi connectivity index (χ0) is 8.10. The first kappa shape index (κ1) is 8.68. The highest BCUT2D eigenvalue weighted by Crippen LogP contribution is 1.99. The van der Waals surface area contributed by atoms with Gasteiger partial charge in [-0.1, -0.05) is 0 Å². The summed E-state index contributed by atoms with van der Waals surface area (Å²) in [4.78, 5) is 10.6. The fraction of sp³-hybridized carbons (Fsp3) is 0.875. The van der Waals surface area contributed by atoms with Crippen LogP contribution in [0, 0.1) is 0 Å². The Bertz CT molecular complexity index is 130. The van der Waals surface area contributed by atoms with Crippen molar-refractivity contribution < 1.29 is 4.79 Å². The Balaban J connectivity index is 2.09. The van der Waals surface area contributed by atoms with E-state index in [4.69, 9.17) is 0 Å². The zero-order valence-corrected chi connectivity index (χ0v) is 7.02. The first-order chi connectivity index (χ1) is 5.29. The van der Waals surface area contributed by atoms with Crippen LogP contribution in [0.25, 0.3) is 0 Å². The number of nitrogens with one attached hydrogen (secondary N) is 2. The molecule has 1 rings (SSSR count). The van der Waals surface area contributed by atoms with E-state index in [9.17, 15) is 4.79 Å². The van der Waals surface area contributed by atoms with Crippen molar-refractivity contribution in [3.63, 3.8) is 0 Å². The van der Waals surface area contributed by atoms with Gasteiger partial charge in [-0.2, -0.15) is 0 Å². The molecule has 1 fully saturated rings. The summed E-state index contributed by atoms with van der Waals surface area (Å²) >= 11 is 0. The molecule has 0 aliphatic carbocycles. The fourth-order valence-corrected chi connectivity index (χ4v) is 1.31. The van der Waals surface area contributed by atoms with Gasteiger partial charge in [0.1, 0.15) is 5.78 Å². The van der Waals surface area contributed by atoms with Crippen LogP contribution in [0.1, 0.15) is 19.8 Å². The number of ketones is 1. The number of carbonyl (C=O) groups is 1. The van der Waals surface area contributed by atoms with Crippen LogP contribution in [0.5, 0.6) is 0 Å². The highest BCUT2D eigenvalue weighted by molar-refractivity contribution is 5.77. The summed E-state index contributed by atoms with van der Waals surface area (Å²) in [7, 11) is 0. The molecule has 0 spiro atoms. The average Bonchev–Trinajstić information content (AvgIpc) is 2.03. The standard InChI is InChI=1S/C8H16N2O/c1-7(11)5-10-8-3-2-4-9-6-8/h8-10H,2-6H2,1H3. The van der Waals surface area contributed by atoms with Crippen molar-refractivity contribution in [1.29, 1.82) is 0 Å². The van der Waals surface area contributed by atoms with Crippen molar-refractivity contribution in [2.75, 3.05) is 19.6 Å². The van der Waals surface area contributed by atoms with Crippen molar-refractivity contribution in [3.05, 3.63) is 0 Å². The minimum absolute atomic E-state index is 0.218. The minimum atomic E-state index is 0.218. The van der Waals surface area contributed by atoms with Crippen molar-refractivity contribution in [2.45, 2.75) is 25.8 Å². The first-order valence-electron chi connectivity index (χ1n) is 4.22. The van der Waals surface area contributed by atoms with Crippen LogP contribution in [-0.2, 0) is 4.79 Å². The molecule has 1 unspecified atom stereocenters. The molecule has 1 saturated heterocycles. The summed E-state index contributed by atoms with van der Waals surface area (Å²) in [6.45, 7) is 4.27. The second-order valence-corrected chi connectivity index (χ2v) is 3.13. The molecular formula is C8H16N2O. The first-order valence-corrected chi connectivity index (χ1v) is 4.22. The van der Waals surface area contributed by atoms with E-state index < -0.39 is 0 Å². The van der Waals surface area contributed by atoms with E-state index in [2.05, 4.69) is 10.6 Å². The molecule has 0 aromatic carbocycles. The molecule has 2 N–H and O–H groups in total. The fourth-order valence-electron chi connectivity index (χ4n) is 1.31. The molecule has 0 aromatic heterocycles. The van der Waals surface area contributed by atoms with Crippen LogP contribution >= 0.6 is 0 Å². The number of carbonyl (C=O) groups excluding carboxylic acids is 1. The van der Waals surface area contributed by atoms with Crippen molar-refractivity contribution in [3.8, 4) is 0 Å². The van der Waals surface area contributed by atoms with Crippen LogP contribution in [0.15, 0.2) is 0 Å². The van der Waals surface area contributed by atoms with Gasteiger partial charge in [0.15, 0.2) is 0 Å². The second kappa shape index (κ2) is 4.46. The summed E-state index contributed by atoms with van der Waals surface area (Å²) in [6, 6.07) is 0.507. The predicted octanol–water partition coefficient (Wildman–Crippen LogP) is -0.0830. The monoisotopic (exact) mass is 156 g/mol. The van der Waals surface area contributed by atoms with Gasteiger partial charge in [-0.25, -0.2) is 0 Å². The molecule has 64 valence electrons. The number of rotatable bonds is 3. The Kier molecular flexibility index (Phi) is 3.52. The largest absolute Gasteiger partial charge is 0.315 e. The molecule has 0 aromatic rings. The zero-order valence-electron chi connectivity index (χ0n) is 7.02. The average molecular weight is 156 g/mol. The predicted molar refractivity (Wildman–Crippen MR) is 44.6 cm³/mol. The highest BCUT2D eigenvalue weighted by Gasteiger charge is 2.11. The quantitative estimate of drug-likeness (QED) is 0.600. The van der Waals surface area contributed by atoms with Crippen molar-refractivity contribution >= 4 is 5.78 Å². The lowest BCUT2D eigenvalue weighted by atomic mass is 10.1. The Morgan fingerprint density at radius 2 is 2.55 bits per heavy atom. The van der Waals surface area contributed by atoms with Crippen LogP contribution in [-0.4, -0.2) is 31.5 Å². The van der Waals surface area contributed by atoms with Gasteiger partial charge in [0.25, 0.3) is 0 Å². The third-order valence-electron chi connectivity index (χ3n) is 1.94. The molecule has 0 amide bonds. The molecular weight excluding hydrogens is 140 g/mol. The van der Waals surface area contributed by atoms with E-state index in [0.29, 0.717) is 12.6 Å². The second-order valence-electron chi connectivity index (χ2n) is 3.13. The van der Waals surface area contributed by atoms with E-state index in [0.717, 1.165) is 13.1 Å². The van der Waals surface area contributed by atoms with Crippen LogP contribution in [0.4, 0.5) is 0 Å². The Labute approximate surface area is 67.5 Å². The molecule has 0 bridgehead atoms. The number of hydrogen-bond acceptors (Lipinski definition) is 3. The maximum Gasteiger partial charge on any atom is 0.143 e. The minimum Gasteiger partial charge on any atom is -0.315 e. The van der Waals surface area contributed by atoms with Gasteiger partial charge >= 0.3 is 0 Å². The third-order valence-corrected chi connectivity index (χ3v) is 1.94. The van der Waals surface area contributed by atoms with Crippen molar-refractivity contribution in [1.82, 2.24) is 10.6 Å². The summed E-state index contributed by atoms with van der Waals surface area (Å²) in [6.07, 6.45) is 2.41. The topological polar surface area (TPSA) is 41.1 Å². The lowest BCUT2D eigenvalue weighted by molar-refractivity contribution is -0.116. The van der Waals surface area contributed by atoms with Gasteiger partial charge in [0, 0.05) is 12.6 Å². The lowest BCUT2D eigenvalue weighted by Crippen LogP contribution is -2.44. The molecule has 1 heterocycles. The molecule has 3 heteroatoms. The molecule has 11 heavy (non-hydrogen) atoms. The van der Waals surface area contributed by atoms with Crippen LogP contribution in [0.3, 0.4) is 0 Å². The Hall–Kier alpha value is -0.410. The molecule has 1 aliphatic rings. The van der Waals surface area contributed by atoms with E-state index in [1.807, 2.05) is 0 Å². The van der Waals surface area contributed by atoms with E-state index in [1.165, 1.54) is 12.8 Å².